The van der Waals surface area contributed by atoms with Gasteiger partial charge < -0.3 is 5.32 Å². The Balaban J connectivity index is 1.77. The molecule has 1 nitrogen and oxygen atoms in total. The van der Waals surface area contributed by atoms with E-state index in [9.17, 15) is 4.39 Å². The van der Waals surface area contributed by atoms with Gasteiger partial charge in [-0.3, -0.25) is 0 Å². The van der Waals surface area contributed by atoms with Gasteiger partial charge in [-0.25, -0.2) is 4.39 Å². The Morgan fingerprint density at radius 1 is 1.11 bits per heavy atom. The van der Waals surface area contributed by atoms with Crippen molar-refractivity contribution >= 4 is 43.0 Å². The van der Waals surface area contributed by atoms with E-state index in [2.05, 4.69) is 44.8 Å². The van der Waals surface area contributed by atoms with E-state index in [4.69, 9.17) is 0 Å². The lowest BCUT2D eigenvalue weighted by molar-refractivity contribution is 0.625. The SMILES string of the molecule is Fc1cc(Br)cc(CNc2ccc3sccc3c2)c1. The van der Waals surface area contributed by atoms with Gasteiger partial charge in [-0.05, 0) is 58.8 Å². The predicted molar refractivity (Wildman–Crippen MR) is 83.3 cm³/mol. The predicted octanol–water partition coefficient (Wildman–Crippen LogP) is 5.42. The number of fused-ring (bicyclic) bond motifs is 1. The van der Waals surface area contributed by atoms with Crippen LogP contribution in [-0.2, 0) is 6.54 Å². The summed E-state index contributed by atoms with van der Waals surface area (Å²) in [5.74, 6) is -0.223. The minimum Gasteiger partial charge on any atom is -0.381 e. The van der Waals surface area contributed by atoms with Crippen LogP contribution in [-0.4, -0.2) is 0 Å². The van der Waals surface area contributed by atoms with Gasteiger partial charge in [-0.2, -0.15) is 0 Å². The second-order valence-corrected chi connectivity index (χ2v) is 6.17. The van der Waals surface area contributed by atoms with E-state index in [0.717, 1.165) is 15.7 Å². The quantitative estimate of drug-likeness (QED) is 0.674. The molecular formula is C15H11BrFNS. The second kappa shape index (κ2) is 5.31. The molecule has 3 rings (SSSR count). The molecule has 0 atom stereocenters. The average Bonchev–Trinajstić information content (AvgIpc) is 2.82. The molecule has 1 heterocycles. The first kappa shape index (κ1) is 12.6. The zero-order chi connectivity index (χ0) is 13.2. The van der Waals surface area contributed by atoms with Crippen LogP contribution in [0.1, 0.15) is 5.56 Å². The molecule has 0 aliphatic rings. The zero-order valence-electron chi connectivity index (χ0n) is 9.99. The molecule has 0 aliphatic heterocycles. The molecule has 3 aromatic rings. The van der Waals surface area contributed by atoms with Gasteiger partial charge in [0.1, 0.15) is 5.82 Å². The summed E-state index contributed by atoms with van der Waals surface area (Å²) in [5.41, 5.74) is 1.96. The van der Waals surface area contributed by atoms with Crippen LogP contribution in [0.15, 0.2) is 52.3 Å². The van der Waals surface area contributed by atoms with Crippen molar-refractivity contribution in [3.05, 3.63) is 63.7 Å². The van der Waals surface area contributed by atoms with Crippen molar-refractivity contribution in [1.29, 1.82) is 0 Å². The molecule has 2 aromatic carbocycles. The summed E-state index contributed by atoms with van der Waals surface area (Å²) in [5, 5.41) is 6.63. The minimum atomic E-state index is -0.223. The first-order valence-electron chi connectivity index (χ1n) is 5.87. The number of thiophene rings is 1. The van der Waals surface area contributed by atoms with E-state index < -0.39 is 0 Å². The summed E-state index contributed by atoms with van der Waals surface area (Å²) in [6.45, 7) is 0.603. The maximum absolute atomic E-state index is 13.3. The Kier molecular flexibility index (Phi) is 3.53. The summed E-state index contributed by atoms with van der Waals surface area (Å²) in [7, 11) is 0. The van der Waals surface area contributed by atoms with E-state index in [1.54, 1.807) is 17.4 Å². The third-order valence-corrected chi connectivity index (χ3v) is 4.23. The van der Waals surface area contributed by atoms with Crippen LogP contribution in [0.3, 0.4) is 0 Å². The lowest BCUT2D eigenvalue weighted by atomic mass is 10.2. The van der Waals surface area contributed by atoms with Crippen molar-refractivity contribution in [3.63, 3.8) is 0 Å². The van der Waals surface area contributed by atoms with E-state index >= 15 is 0 Å². The van der Waals surface area contributed by atoms with Gasteiger partial charge in [0.05, 0.1) is 0 Å². The van der Waals surface area contributed by atoms with E-state index in [-0.39, 0.29) is 5.82 Å². The number of benzene rings is 2. The minimum absolute atomic E-state index is 0.223. The number of nitrogens with one attached hydrogen (secondary N) is 1. The molecule has 0 radical (unpaired) electrons. The highest BCUT2D eigenvalue weighted by molar-refractivity contribution is 9.10. The number of hydrogen-bond acceptors (Lipinski definition) is 2. The molecule has 0 spiro atoms. The third-order valence-electron chi connectivity index (χ3n) is 2.87. The molecule has 1 N–H and O–H groups in total. The van der Waals surface area contributed by atoms with Crippen molar-refractivity contribution in [3.8, 4) is 0 Å². The molecule has 0 bridgehead atoms. The number of halogens is 2. The van der Waals surface area contributed by atoms with E-state index in [1.165, 1.54) is 16.2 Å². The fraction of sp³-hybridized carbons (Fsp3) is 0.0667. The van der Waals surface area contributed by atoms with E-state index in [1.807, 2.05) is 12.1 Å². The van der Waals surface area contributed by atoms with Crippen LogP contribution >= 0.6 is 27.3 Å². The monoisotopic (exact) mass is 335 g/mol. The largest absolute Gasteiger partial charge is 0.381 e. The standard InChI is InChI=1S/C15H11BrFNS/c16-12-5-10(6-13(17)8-12)9-18-14-1-2-15-11(7-14)3-4-19-15/h1-8,18H,9H2. The molecule has 0 saturated carbocycles. The Bertz CT molecular complexity index is 703. The van der Waals surface area contributed by atoms with Crippen LogP contribution in [0.5, 0.6) is 0 Å². The van der Waals surface area contributed by atoms with Gasteiger partial charge in [0.25, 0.3) is 0 Å². The third kappa shape index (κ3) is 2.96. The Hall–Kier alpha value is -1.39. The summed E-state index contributed by atoms with van der Waals surface area (Å²) >= 11 is 5.03. The smallest absolute Gasteiger partial charge is 0.124 e. The lowest BCUT2D eigenvalue weighted by Crippen LogP contribution is -1.99. The lowest BCUT2D eigenvalue weighted by Gasteiger charge is -2.07. The van der Waals surface area contributed by atoms with Gasteiger partial charge in [-0.15, -0.1) is 11.3 Å². The highest BCUT2D eigenvalue weighted by atomic mass is 79.9. The van der Waals surface area contributed by atoms with E-state index in [0.29, 0.717) is 6.54 Å². The molecule has 19 heavy (non-hydrogen) atoms. The maximum atomic E-state index is 13.3. The van der Waals surface area contributed by atoms with Gasteiger partial charge in [0.15, 0.2) is 0 Å². The van der Waals surface area contributed by atoms with Gasteiger partial charge in [0.2, 0.25) is 0 Å². The number of hydrogen-bond donors (Lipinski definition) is 1. The zero-order valence-corrected chi connectivity index (χ0v) is 12.4. The van der Waals surface area contributed by atoms with Gasteiger partial charge >= 0.3 is 0 Å². The molecule has 0 aliphatic carbocycles. The van der Waals surface area contributed by atoms with Crippen molar-refractivity contribution in [1.82, 2.24) is 0 Å². The molecule has 1 aromatic heterocycles. The normalized spacial score (nSPS) is 10.8. The maximum Gasteiger partial charge on any atom is 0.124 e. The Morgan fingerprint density at radius 3 is 2.84 bits per heavy atom. The highest BCUT2D eigenvalue weighted by Crippen LogP contribution is 2.24. The number of rotatable bonds is 3. The van der Waals surface area contributed by atoms with Gasteiger partial charge in [0, 0.05) is 21.4 Å². The number of anilines is 1. The molecule has 0 saturated heterocycles. The second-order valence-electron chi connectivity index (χ2n) is 4.30. The Labute approximate surface area is 123 Å². The summed E-state index contributed by atoms with van der Waals surface area (Å²) in [6, 6.07) is 13.3. The van der Waals surface area contributed by atoms with Crippen molar-refractivity contribution < 1.29 is 4.39 Å². The fourth-order valence-electron chi connectivity index (χ4n) is 1.99. The molecule has 0 unspecified atom stereocenters. The van der Waals surface area contributed by atoms with Crippen molar-refractivity contribution in [2.24, 2.45) is 0 Å². The Morgan fingerprint density at radius 2 is 2.00 bits per heavy atom. The average molecular weight is 336 g/mol. The summed E-state index contributed by atoms with van der Waals surface area (Å²) < 4.78 is 15.3. The first-order valence-corrected chi connectivity index (χ1v) is 7.54. The van der Waals surface area contributed by atoms with Crippen LogP contribution < -0.4 is 5.32 Å². The molecule has 0 fully saturated rings. The summed E-state index contributed by atoms with van der Waals surface area (Å²) in [6.07, 6.45) is 0. The van der Waals surface area contributed by atoms with Crippen molar-refractivity contribution in [2.75, 3.05) is 5.32 Å². The fourth-order valence-corrected chi connectivity index (χ4v) is 3.28. The van der Waals surface area contributed by atoms with Crippen LogP contribution in [0, 0.1) is 5.82 Å². The van der Waals surface area contributed by atoms with Crippen molar-refractivity contribution in [2.45, 2.75) is 6.54 Å². The summed E-state index contributed by atoms with van der Waals surface area (Å²) in [4.78, 5) is 0. The first-order chi connectivity index (χ1) is 9.20. The molecular weight excluding hydrogens is 325 g/mol. The molecule has 4 heteroatoms. The topological polar surface area (TPSA) is 12.0 Å². The van der Waals surface area contributed by atoms with Crippen LogP contribution in [0.2, 0.25) is 0 Å². The van der Waals surface area contributed by atoms with Crippen LogP contribution in [0.4, 0.5) is 10.1 Å². The molecule has 96 valence electrons. The van der Waals surface area contributed by atoms with Crippen LogP contribution in [0.25, 0.3) is 10.1 Å². The highest BCUT2D eigenvalue weighted by Gasteiger charge is 2.01. The molecule has 0 amide bonds. The van der Waals surface area contributed by atoms with Gasteiger partial charge in [-0.1, -0.05) is 15.9 Å².